The average molecular weight is 313 g/mol. The Hall–Kier alpha value is -1.40. The summed E-state index contributed by atoms with van der Waals surface area (Å²) < 4.78 is 5.63. The summed E-state index contributed by atoms with van der Waals surface area (Å²) in [5.74, 6) is -2.40. The Morgan fingerprint density at radius 3 is 2.14 bits per heavy atom. The molecule has 0 saturated carbocycles. The summed E-state index contributed by atoms with van der Waals surface area (Å²) in [4.78, 5) is 24.3. The van der Waals surface area contributed by atoms with Crippen molar-refractivity contribution < 1.29 is 24.5 Å². The highest BCUT2D eigenvalue weighted by Gasteiger charge is 2.46. The van der Waals surface area contributed by atoms with Crippen LogP contribution in [-0.4, -0.2) is 56.9 Å². The highest BCUT2D eigenvalue weighted by molar-refractivity contribution is 5.79. The number of piperidine rings is 1. The molecule has 1 rings (SSSR count). The molecule has 1 aliphatic rings. The second-order valence-electron chi connectivity index (χ2n) is 7.12. The van der Waals surface area contributed by atoms with Gasteiger partial charge in [-0.05, 0) is 40.5 Å². The molecule has 6 nitrogen and oxygen atoms in total. The van der Waals surface area contributed by atoms with Gasteiger partial charge in [0.05, 0.1) is 12.5 Å². The third-order valence-corrected chi connectivity index (χ3v) is 4.22. The van der Waals surface area contributed by atoms with E-state index < -0.39 is 24.5 Å². The summed E-state index contributed by atoms with van der Waals surface area (Å²) in [5.41, 5.74) is -0.375. The molecule has 2 N–H and O–H groups in total. The molecule has 0 radical (unpaired) electrons. The van der Waals surface area contributed by atoms with Gasteiger partial charge < -0.3 is 14.9 Å². The van der Waals surface area contributed by atoms with Crippen molar-refractivity contribution in [2.24, 2.45) is 0 Å². The Labute approximate surface area is 131 Å². The second kappa shape index (κ2) is 6.79. The highest BCUT2D eigenvalue weighted by atomic mass is 16.5. The molecule has 1 aliphatic heterocycles. The minimum atomic E-state index is -1.31. The Morgan fingerprint density at radius 1 is 1.27 bits per heavy atom. The first-order valence-corrected chi connectivity index (χ1v) is 7.48. The molecule has 0 amide bonds. The predicted molar refractivity (Wildman–Crippen MR) is 82.8 cm³/mol. The highest BCUT2D eigenvalue weighted by Crippen LogP contribution is 2.39. The average Bonchev–Trinajstić information content (AvgIpc) is 2.31. The van der Waals surface area contributed by atoms with Crippen LogP contribution in [0.5, 0.6) is 0 Å². The van der Waals surface area contributed by atoms with E-state index in [1.807, 2.05) is 6.08 Å². The SMILES string of the molecule is C=CCN1C(C)(C)CC(OC(CC(=O)O)C(=O)O)CC1(C)C. The van der Waals surface area contributed by atoms with Crippen LogP contribution >= 0.6 is 0 Å². The van der Waals surface area contributed by atoms with Gasteiger partial charge in [-0.15, -0.1) is 6.58 Å². The third kappa shape index (κ3) is 4.55. The topological polar surface area (TPSA) is 87.1 Å². The monoisotopic (exact) mass is 313 g/mol. The van der Waals surface area contributed by atoms with E-state index in [1.54, 1.807) is 0 Å². The Morgan fingerprint density at radius 2 is 1.77 bits per heavy atom. The first-order valence-electron chi connectivity index (χ1n) is 7.48. The molecule has 22 heavy (non-hydrogen) atoms. The molecular formula is C16H27NO5. The van der Waals surface area contributed by atoms with Gasteiger partial charge in [-0.1, -0.05) is 6.08 Å². The van der Waals surface area contributed by atoms with Gasteiger partial charge in [-0.3, -0.25) is 9.69 Å². The maximum absolute atomic E-state index is 11.2. The van der Waals surface area contributed by atoms with E-state index in [-0.39, 0.29) is 17.2 Å². The van der Waals surface area contributed by atoms with E-state index in [0.717, 1.165) is 6.54 Å². The molecule has 0 aromatic rings. The molecular weight excluding hydrogens is 286 g/mol. The fourth-order valence-corrected chi connectivity index (χ4v) is 3.53. The van der Waals surface area contributed by atoms with Crippen molar-refractivity contribution in [1.29, 1.82) is 0 Å². The van der Waals surface area contributed by atoms with Gasteiger partial charge in [-0.2, -0.15) is 0 Å². The smallest absolute Gasteiger partial charge is 0.333 e. The van der Waals surface area contributed by atoms with Crippen molar-refractivity contribution in [2.45, 2.75) is 70.2 Å². The fourth-order valence-electron chi connectivity index (χ4n) is 3.53. The van der Waals surface area contributed by atoms with Crippen LogP contribution in [0.15, 0.2) is 12.7 Å². The van der Waals surface area contributed by atoms with E-state index in [1.165, 1.54) is 0 Å². The summed E-state index contributed by atoms with van der Waals surface area (Å²) >= 11 is 0. The first kappa shape index (κ1) is 18.6. The van der Waals surface area contributed by atoms with Crippen LogP contribution in [0.1, 0.15) is 47.0 Å². The van der Waals surface area contributed by atoms with Gasteiger partial charge in [0.1, 0.15) is 0 Å². The zero-order valence-electron chi connectivity index (χ0n) is 13.8. The summed E-state index contributed by atoms with van der Waals surface area (Å²) in [6, 6.07) is 0. The minimum absolute atomic E-state index is 0.188. The van der Waals surface area contributed by atoms with E-state index in [0.29, 0.717) is 12.8 Å². The Kier molecular flexibility index (Phi) is 5.76. The molecule has 0 bridgehead atoms. The number of likely N-dealkylation sites (tertiary alicyclic amines) is 1. The number of nitrogens with zero attached hydrogens (tertiary/aromatic N) is 1. The number of hydrogen-bond acceptors (Lipinski definition) is 4. The van der Waals surface area contributed by atoms with Crippen LogP contribution in [0.3, 0.4) is 0 Å². The lowest BCUT2D eigenvalue weighted by molar-refractivity contribution is -0.170. The fraction of sp³-hybridized carbons (Fsp3) is 0.750. The summed E-state index contributed by atoms with van der Waals surface area (Å²) in [6.45, 7) is 12.9. The minimum Gasteiger partial charge on any atom is -0.481 e. The van der Waals surface area contributed by atoms with Gasteiger partial charge in [0.2, 0.25) is 0 Å². The van der Waals surface area contributed by atoms with Crippen molar-refractivity contribution in [1.82, 2.24) is 4.90 Å². The Balaban J connectivity index is 2.88. The van der Waals surface area contributed by atoms with Crippen LogP contribution in [0.4, 0.5) is 0 Å². The van der Waals surface area contributed by atoms with Crippen molar-refractivity contribution in [3.63, 3.8) is 0 Å². The second-order valence-corrected chi connectivity index (χ2v) is 7.12. The predicted octanol–water partition coefficient (Wildman–Crippen LogP) is 2.14. The van der Waals surface area contributed by atoms with Crippen LogP contribution < -0.4 is 0 Å². The number of hydrogen-bond donors (Lipinski definition) is 2. The molecule has 6 heteroatoms. The molecule has 0 aliphatic carbocycles. The normalized spacial score (nSPS) is 22.9. The van der Waals surface area contributed by atoms with E-state index in [9.17, 15) is 9.59 Å². The number of carboxylic acids is 2. The molecule has 0 spiro atoms. The van der Waals surface area contributed by atoms with Crippen molar-refractivity contribution >= 4 is 11.9 Å². The van der Waals surface area contributed by atoms with Crippen LogP contribution in [0, 0.1) is 0 Å². The molecule has 0 aromatic heterocycles. The summed E-state index contributed by atoms with van der Waals surface area (Å²) in [6.07, 6.45) is 1.03. The van der Waals surface area contributed by atoms with Crippen molar-refractivity contribution in [3.8, 4) is 0 Å². The van der Waals surface area contributed by atoms with Gasteiger partial charge in [0, 0.05) is 17.6 Å². The van der Waals surface area contributed by atoms with Crippen LogP contribution in [-0.2, 0) is 14.3 Å². The lowest BCUT2D eigenvalue weighted by Gasteiger charge is -2.55. The summed E-state index contributed by atoms with van der Waals surface area (Å²) in [5, 5.41) is 18.0. The lowest BCUT2D eigenvalue weighted by atomic mass is 9.78. The molecule has 1 unspecified atom stereocenters. The molecule has 1 saturated heterocycles. The third-order valence-electron chi connectivity index (χ3n) is 4.22. The number of aliphatic carboxylic acids is 2. The maximum atomic E-state index is 11.2. The largest absolute Gasteiger partial charge is 0.481 e. The van der Waals surface area contributed by atoms with E-state index in [2.05, 4.69) is 39.2 Å². The molecule has 1 atom stereocenters. The number of rotatable bonds is 7. The van der Waals surface area contributed by atoms with Crippen molar-refractivity contribution in [3.05, 3.63) is 12.7 Å². The van der Waals surface area contributed by atoms with E-state index in [4.69, 9.17) is 14.9 Å². The Bertz CT molecular complexity index is 426. The summed E-state index contributed by atoms with van der Waals surface area (Å²) in [7, 11) is 0. The molecule has 0 aromatic carbocycles. The number of ether oxygens (including phenoxy) is 1. The van der Waals surface area contributed by atoms with Crippen molar-refractivity contribution in [2.75, 3.05) is 6.54 Å². The zero-order chi connectivity index (χ0) is 17.1. The number of carboxylic acid groups (broad SMARTS) is 2. The first-order chi connectivity index (χ1) is 9.99. The van der Waals surface area contributed by atoms with Gasteiger partial charge in [0.15, 0.2) is 6.10 Å². The van der Waals surface area contributed by atoms with Gasteiger partial charge in [0.25, 0.3) is 0 Å². The van der Waals surface area contributed by atoms with Crippen LogP contribution in [0.25, 0.3) is 0 Å². The van der Waals surface area contributed by atoms with Crippen LogP contribution in [0.2, 0.25) is 0 Å². The molecule has 1 fully saturated rings. The zero-order valence-corrected chi connectivity index (χ0v) is 13.8. The van der Waals surface area contributed by atoms with Gasteiger partial charge in [-0.25, -0.2) is 4.79 Å². The quantitative estimate of drug-likeness (QED) is 0.700. The number of carbonyl (C=O) groups is 2. The standard InChI is InChI=1S/C16H27NO5/c1-6-7-17-15(2,3)9-11(10-16(17,4)5)22-12(14(20)21)8-13(18)19/h6,11-12H,1,7-10H2,2-5H3,(H,18,19)(H,20,21). The van der Waals surface area contributed by atoms with Gasteiger partial charge >= 0.3 is 11.9 Å². The maximum Gasteiger partial charge on any atom is 0.333 e. The lowest BCUT2D eigenvalue weighted by Crippen LogP contribution is -2.62. The molecule has 126 valence electrons. The molecule has 1 heterocycles. The van der Waals surface area contributed by atoms with E-state index >= 15 is 0 Å².